The number of aryl methyl sites for hydroxylation is 1. The molecule has 2 atom stereocenters. The Morgan fingerprint density at radius 1 is 1.14 bits per heavy atom. The summed E-state index contributed by atoms with van der Waals surface area (Å²) in [6.07, 6.45) is 0.810. The number of nitrogens with zero attached hydrogens (tertiary/aromatic N) is 1. The third kappa shape index (κ3) is 3.51. The molecule has 0 aliphatic carbocycles. The van der Waals surface area contributed by atoms with E-state index in [9.17, 15) is 24.0 Å². The van der Waals surface area contributed by atoms with Gasteiger partial charge in [0, 0.05) is 36.0 Å². The Hall–Kier alpha value is -3.49. The summed E-state index contributed by atoms with van der Waals surface area (Å²) in [5.41, 5.74) is 0.982. The van der Waals surface area contributed by atoms with Crippen LogP contribution >= 0.6 is 0 Å². The van der Waals surface area contributed by atoms with Crippen LogP contribution in [-0.4, -0.2) is 40.6 Å². The molecule has 3 heterocycles. The van der Waals surface area contributed by atoms with Gasteiger partial charge in [-0.1, -0.05) is 0 Å². The van der Waals surface area contributed by atoms with Crippen LogP contribution in [0.2, 0.25) is 0 Å². The average molecular weight is 397 g/mol. The molecule has 1 aromatic heterocycles. The molecule has 2 fully saturated rings. The highest BCUT2D eigenvalue weighted by Gasteiger charge is 2.44. The standard InChI is InChI=1S/C20H19N3O6/c1-10-8-18(26)29-15-9-11(2-3-12(10)15)21-19(27)14-5-7-17(25)23(14)20(28)13-4-6-16(24)22-13/h2-3,8-9,13-14H,4-7H2,1H3,(H,21,27)(H,22,24)/t13-,14+/m1/s1. The number of carbonyl (C=O) groups excluding carboxylic acids is 4. The molecule has 0 unspecified atom stereocenters. The third-order valence-corrected chi connectivity index (χ3v) is 5.26. The zero-order valence-corrected chi connectivity index (χ0v) is 15.7. The van der Waals surface area contributed by atoms with E-state index in [4.69, 9.17) is 4.42 Å². The lowest BCUT2D eigenvalue weighted by atomic mass is 10.1. The van der Waals surface area contributed by atoms with Crippen LogP contribution < -0.4 is 16.3 Å². The largest absolute Gasteiger partial charge is 0.423 e. The maximum atomic E-state index is 12.8. The van der Waals surface area contributed by atoms with Crippen molar-refractivity contribution in [2.24, 2.45) is 0 Å². The summed E-state index contributed by atoms with van der Waals surface area (Å²) >= 11 is 0. The highest BCUT2D eigenvalue weighted by Crippen LogP contribution is 2.25. The summed E-state index contributed by atoms with van der Waals surface area (Å²) in [6, 6.07) is 4.57. The molecular formula is C20H19N3O6. The molecule has 2 aliphatic rings. The van der Waals surface area contributed by atoms with E-state index >= 15 is 0 Å². The number of likely N-dealkylation sites (tertiary alicyclic amines) is 1. The smallest absolute Gasteiger partial charge is 0.336 e. The Labute approximate surface area is 165 Å². The van der Waals surface area contributed by atoms with Gasteiger partial charge in [0.1, 0.15) is 17.7 Å². The molecule has 0 spiro atoms. The zero-order chi connectivity index (χ0) is 20.7. The van der Waals surface area contributed by atoms with E-state index in [0.717, 1.165) is 15.8 Å². The number of hydrogen-bond acceptors (Lipinski definition) is 6. The summed E-state index contributed by atoms with van der Waals surface area (Å²) in [7, 11) is 0. The molecule has 150 valence electrons. The molecular weight excluding hydrogens is 378 g/mol. The average Bonchev–Trinajstić information content (AvgIpc) is 3.26. The number of nitrogens with one attached hydrogen (secondary N) is 2. The van der Waals surface area contributed by atoms with Crippen molar-refractivity contribution in [3.8, 4) is 0 Å². The first-order valence-electron chi connectivity index (χ1n) is 9.34. The summed E-state index contributed by atoms with van der Waals surface area (Å²) in [6.45, 7) is 1.78. The van der Waals surface area contributed by atoms with Crippen molar-refractivity contribution < 1.29 is 23.6 Å². The van der Waals surface area contributed by atoms with Crippen molar-refractivity contribution >= 4 is 40.3 Å². The minimum atomic E-state index is -0.951. The van der Waals surface area contributed by atoms with Crippen molar-refractivity contribution in [3.05, 3.63) is 40.2 Å². The van der Waals surface area contributed by atoms with E-state index in [1.54, 1.807) is 19.1 Å². The summed E-state index contributed by atoms with van der Waals surface area (Å²) < 4.78 is 5.18. The number of carbonyl (C=O) groups is 4. The van der Waals surface area contributed by atoms with Gasteiger partial charge < -0.3 is 15.1 Å². The van der Waals surface area contributed by atoms with E-state index in [1.165, 1.54) is 12.1 Å². The summed E-state index contributed by atoms with van der Waals surface area (Å²) in [5.74, 6) is -1.75. The molecule has 9 heteroatoms. The van der Waals surface area contributed by atoms with Crippen LogP contribution in [0.15, 0.2) is 33.5 Å². The molecule has 4 rings (SSSR count). The van der Waals surface area contributed by atoms with Crippen LogP contribution in [0.5, 0.6) is 0 Å². The molecule has 9 nitrogen and oxygen atoms in total. The van der Waals surface area contributed by atoms with Gasteiger partial charge in [0.2, 0.25) is 17.7 Å². The molecule has 4 amide bonds. The van der Waals surface area contributed by atoms with E-state index < -0.39 is 35.4 Å². The van der Waals surface area contributed by atoms with Gasteiger partial charge in [0.05, 0.1) is 0 Å². The predicted octanol–water partition coefficient (Wildman–Crippen LogP) is 0.836. The van der Waals surface area contributed by atoms with E-state index in [0.29, 0.717) is 17.7 Å². The second kappa shape index (κ2) is 7.16. The van der Waals surface area contributed by atoms with Crippen molar-refractivity contribution in [1.82, 2.24) is 10.2 Å². The fourth-order valence-electron chi connectivity index (χ4n) is 3.80. The van der Waals surface area contributed by atoms with Gasteiger partial charge in [-0.3, -0.25) is 24.1 Å². The Morgan fingerprint density at radius 3 is 2.66 bits per heavy atom. The van der Waals surface area contributed by atoms with Crippen molar-refractivity contribution in [1.29, 1.82) is 0 Å². The van der Waals surface area contributed by atoms with Gasteiger partial charge in [-0.05, 0) is 37.5 Å². The van der Waals surface area contributed by atoms with Crippen molar-refractivity contribution in [3.63, 3.8) is 0 Å². The molecule has 2 saturated heterocycles. The normalized spacial score (nSPS) is 21.5. The van der Waals surface area contributed by atoms with E-state index in [-0.39, 0.29) is 25.2 Å². The number of benzene rings is 1. The predicted molar refractivity (Wildman–Crippen MR) is 102 cm³/mol. The monoisotopic (exact) mass is 397 g/mol. The maximum Gasteiger partial charge on any atom is 0.336 e. The maximum absolute atomic E-state index is 12.8. The van der Waals surface area contributed by atoms with Gasteiger partial charge in [-0.25, -0.2) is 4.79 Å². The van der Waals surface area contributed by atoms with Crippen LogP contribution in [0, 0.1) is 6.92 Å². The van der Waals surface area contributed by atoms with Crippen molar-refractivity contribution in [2.75, 3.05) is 5.32 Å². The van der Waals surface area contributed by atoms with Gasteiger partial charge >= 0.3 is 5.63 Å². The first-order valence-corrected chi connectivity index (χ1v) is 9.34. The highest BCUT2D eigenvalue weighted by molar-refractivity contribution is 6.08. The number of hydrogen-bond donors (Lipinski definition) is 2. The van der Waals surface area contributed by atoms with Gasteiger partial charge in [-0.2, -0.15) is 0 Å². The minimum absolute atomic E-state index is 0.0796. The second-order valence-electron chi connectivity index (χ2n) is 7.26. The summed E-state index contributed by atoms with van der Waals surface area (Å²) in [4.78, 5) is 61.6. The Kier molecular flexibility index (Phi) is 4.65. The second-order valence-corrected chi connectivity index (χ2v) is 7.26. The number of imide groups is 1. The topological polar surface area (TPSA) is 126 Å². The Morgan fingerprint density at radius 2 is 1.93 bits per heavy atom. The van der Waals surface area contributed by atoms with Gasteiger partial charge in [0.25, 0.3) is 5.91 Å². The van der Waals surface area contributed by atoms with Gasteiger partial charge in [0.15, 0.2) is 0 Å². The van der Waals surface area contributed by atoms with Crippen LogP contribution in [0.25, 0.3) is 11.0 Å². The fraction of sp³-hybridized carbons (Fsp3) is 0.350. The highest BCUT2D eigenvalue weighted by atomic mass is 16.4. The van der Waals surface area contributed by atoms with Gasteiger partial charge in [-0.15, -0.1) is 0 Å². The quantitative estimate of drug-likeness (QED) is 0.584. The molecule has 2 aromatic rings. The minimum Gasteiger partial charge on any atom is -0.423 e. The van der Waals surface area contributed by atoms with Crippen LogP contribution in [0.1, 0.15) is 31.2 Å². The zero-order valence-electron chi connectivity index (χ0n) is 15.7. The molecule has 1 aromatic carbocycles. The summed E-state index contributed by atoms with van der Waals surface area (Å²) in [5, 5.41) is 5.96. The number of rotatable bonds is 3. The van der Waals surface area contributed by atoms with Crippen molar-refractivity contribution in [2.45, 2.75) is 44.7 Å². The van der Waals surface area contributed by atoms with Crippen LogP contribution in [0.3, 0.4) is 0 Å². The number of amides is 4. The molecule has 2 aliphatic heterocycles. The lowest BCUT2D eigenvalue weighted by molar-refractivity contribution is -0.148. The Balaban J connectivity index is 1.55. The lowest BCUT2D eigenvalue weighted by Gasteiger charge is -2.25. The molecule has 0 saturated carbocycles. The van der Waals surface area contributed by atoms with Crippen LogP contribution in [-0.2, 0) is 19.2 Å². The number of anilines is 1. The number of fused-ring (bicyclic) bond motifs is 1. The first-order chi connectivity index (χ1) is 13.8. The molecule has 29 heavy (non-hydrogen) atoms. The molecule has 0 bridgehead atoms. The Bertz CT molecular complexity index is 1110. The molecule has 0 radical (unpaired) electrons. The van der Waals surface area contributed by atoms with E-state index in [1.807, 2.05) is 0 Å². The molecule has 2 N–H and O–H groups in total. The SMILES string of the molecule is Cc1cc(=O)oc2cc(NC(=O)[C@@H]3CCC(=O)N3C(=O)[C@H]3CCC(=O)N3)ccc12. The van der Waals surface area contributed by atoms with E-state index in [2.05, 4.69) is 10.6 Å². The fourth-order valence-corrected chi connectivity index (χ4v) is 3.80. The van der Waals surface area contributed by atoms with Crippen LogP contribution in [0.4, 0.5) is 5.69 Å². The lowest BCUT2D eigenvalue weighted by Crippen LogP contribution is -2.51. The third-order valence-electron chi connectivity index (χ3n) is 5.26. The first kappa shape index (κ1) is 18.9.